The number of hydrogen-bond donors (Lipinski definition) is 1. The molecule has 1 N–H and O–H groups in total. The molecule has 2 heterocycles. The highest BCUT2D eigenvalue weighted by molar-refractivity contribution is 6.30. The van der Waals surface area contributed by atoms with Gasteiger partial charge in [0, 0.05) is 31.3 Å². The molecular formula is C20H21ClF4N4O3. The van der Waals surface area contributed by atoms with Crippen molar-refractivity contribution in [2.24, 2.45) is 0 Å². The van der Waals surface area contributed by atoms with Crippen molar-refractivity contribution in [3.8, 4) is 5.75 Å². The summed E-state index contributed by atoms with van der Waals surface area (Å²) < 4.78 is 62.3. The van der Waals surface area contributed by atoms with Crippen LogP contribution in [0.3, 0.4) is 0 Å². The number of amides is 1. The number of aromatic nitrogens is 2. The Morgan fingerprint density at radius 1 is 1.41 bits per heavy atom. The highest BCUT2D eigenvalue weighted by atomic mass is 35.5. The van der Waals surface area contributed by atoms with Gasteiger partial charge in [0.1, 0.15) is 17.6 Å². The molecule has 1 saturated heterocycles. The van der Waals surface area contributed by atoms with E-state index in [1.54, 1.807) is 0 Å². The molecule has 0 saturated carbocycles. The third-order valence-corrected chi connectivity index (χ3v) is 5.29. The molecule has 1 aromatic heterocycles. The van der Waals surface area contributed by atoms with E-state index in [0.29, 0.717) is 30.3 Å². The van der Waals surface area contributed by atoms with Gasteiger partial charge in [-0.3, -0.25) is 9.69 Å². The minimum absolute atomic E-state index is 0.0511. The van der Waals surface area contributed by atoms with Crippen molar-refractivity contribution in [2.45, 2.75) is 37.9 Å². The van der Waals surface area contributed by atoms with Crippen LogP contribution in [0.5, 0.6) is 5.75 Å². The van der Waals surface area contributed by atoms with Crippen molar-refractivity contribution in [3.63, 3.8) is 0 Å². The Morgan fingerprint density at radius 2 is 2.12 bits per heavy atom. The van der Waals surface area contributed by atoms with Gasteiger partial charge in [-0.1, -0.05) is 18.2 Å². The largest absolute Gasteiger partial charge is 0.484 e. The van der Waals surface area contributed by atoms with E-state index in [1.807, 2.05) is 0 Å². The molecular weight excluding hydrogens is 456 g/mol. The Hall–Kier alpha value is -2.66. The van der Waals surface area contributed by atoms with Crippen LogP contribution in [-0.2, 0) is 11.2 Å². The maximum atomic E-state index is 13.4. The molecule has 1 aliphatic rings. The van der Waals surface area contributed by atoms with Gasteiger partial charge >= 0.3 is 6.18 Å². The summed E-state index contributed by atoms with van der Waals surface area (Å²) >= 11 is 5.58. The van der Waals surface area contributed by atoms with Gasteiger partial charge in [-0.15, -0.1) is 10.2 Å². The van der Waals surface area contributed by atoms with E-state index >= 15 is 0 Å². The van der Waals surface area contributed by atoms with E-state index in [2.05, 4.69) is 22.1 Å². The minimum atomic E-state index is -4.27. The number of allylic oxidation sites excluding steroid dienone is 1. The fourth-order valence-corrected chi connectivity index (χ4v) is 3.11. The van der Waals surface area contributed by atoms with Crippen LogP contribution in [0, 0.1) is 5.82 Å². The van der Waals surface area contributed by atoms with Crippen LogP contribution < -0.4 is 10.1 Å². The third kappa shape index (κ3) is 6.19. The Bertz CT molecular complexity index is 976. The molecule has 2 aromatic rings. The van der Waals surface area contributed by atoms with E-state index in [0.717, 1.165) is 13.0 Å². The number of ether oxygens (including phenoxy) is 1. The first kappa shape index (κ1) is 24.0. The topological polar surface area (TPSA) is 80.5 Å². The third-order valence-electron chi connectivity index (χ3n) is 4.98. The van der Waals surface area contributed by atoms with E-state index in [9.17, 15) is 22.4 Å². The predicted molar refractivity (Wildman–Crippen MR) is 107 cm³/mol. The number of benzene rings is 1. The molecule has 3 rings (SSSR count). The van der Waals surface area contributed by atoms with Gasteiger partial charge in [-0.05, 0) is 25.5 Å². The quantitative estimate of drug-likeness (QED) is 0.554. The van der Waals surface area contributed by atoms with E-state index in [-0.39, 0.29) is 36.4 Å². The van der Waals surface area contributed by atoms with Crippen LogP contribution >= 0.6 is 11.6 Å². The van der Waals surface area contributed by atoms with Crippen molar-refractivity contribution in [1.82, 2.24) is 20.4 Å². The lowest BCUT2D eigenvalue weighted by atomic mass is 9.98. The second-order valence-corrected chi connectivity index (χ2v) is 7.83. The molecule has 1 aliphatic heterocycles. The number of alkyl halides is 3. The lowest BCUT2D eigenvalue weighted by Crippen LogP contribution is -2.54. The average molecular weight is 477 g/mol. The number of aryl methyl sites for hydroxylation is 1. The number of nitrogens with zero attached hydrogens (tertiary/aromatic N) is 3. The number of rotatable bonds is 9. The molecule has 32 heavy (non-hydrogen) atoms. The van der Waals surface area contributed by atoms with Crippen molar-refractivity contribution < 1.29 is 31.5 Å². The van der Waals surface area contributed by atoms with Crippen molar-refractivity contribution in [1.29, 1.82) is 0 Å². The molecule has 1 amide bonds. The van der Waals surface area contributed by atoms with Crippen molar-refractivity contribution in [2.75, 3.05) is 19.7 Å². The molecule has 0 unspecified atom stereocenters. The highest BCUT2D eigenvalue weighted by Gasteiger charge is 2.46. The van der Waals surface area contributed by atoms with Crippen LogP contribution in [0.4, 0.5) is 17.6 Å². The van der Waals surface area contributed by atoms with Gasteiger partial charge in [0.2, 0.25) is 11.8 Å². The highest BCUT2D eigenvalue weighted by Crippen LogP contribution is 2.33. The second-order valence-electron chi connectivity index (χ2n) is 7.42. The molecule has 7 nitrogen and oxygen atoms in total. The molecule has 174 valence electrons. The first-order valence-corrected chi connectivity index (χ1v) is 10.1. The van der Waals surface area contributed by atoms with Crippen molar-refractivity contribution >= 4 is 17.5 Å². The molecule has 1 fully saturated rings. The molecule has 0 spiro atoms. The summed E-state index contributed by atoms with van der Waals surface area (Å²) in [5.74, 6) is -0.624. The van der Waals surface area contributed by atoms with Crippen LogP contribution in [0.1, 0.15) is 31.0 Å². The normalized spacial score (nSPS) is 15.8. The van der Waals surface area contributed by atoms with Crippen LogP contribution in [0.25, 0.3) is 0 Å². The average Bonchev–Trinajstić information content (AvgIpc) is 3.14. The Morgan fingerprint density at radius 3 is 2.78 bits per heavy atom. The van der Waals surface area contributed by atoms with E-state index in [1.165, 1.54) is 17.0 Å². The maximum Gasteiger partial charge on any atom is 0.403 e. The van der Waals surface area contributed by atoms with Gasteiger partial charge in [0.05, 0.1) is 10.9 Å². The first-order valence-electron chi connectivity index (χ1n) is 9.71. The Balaban J connectivity index is 1.38. The smallest absolute Gasteiger partial charge is 0.403 e. The van der Waals surface area contributed by atoms with Gasteiger partial charge in [-0.25, -0.2) is 4.39 Å². The minimum Gasteiger partial charge on any atom is -0.484 e. The Labute approximate surface area is 186 Å². The van der Waals surface area contributed by atoms with E-state index < -0.39 is 23.9 Å². The number of hydrogen-bond acceptors (Lipinski definition) is 6. The van der Waals surface area contributed by atoms with Gasteiger partial charge in [0.25, 0.3) is 5.91 Å². The number of halogens is 5. The maximum absolute atomic E-state index is 13.4. The number of carbonyl (C=O) groups excluding carboxylic acids is 1. The van der Waals surface area contributed by atoms with Crippen LogP contribution in [0.15, 0.2) is 34.9 Å². The van der Waals surface area contributed by atoms with Gasteiger partial charge in [-0.2, -0.15) is 13.2 Å². The van der Waals surface area contributed by atoms with E-state index in [4.69, 9.17) is 20.8 Å². The lowest BCUT2D eigenvalue weighted by molar-refractivity contribution is -0.190. The Kier molecular flexibility index (Phi) is 7.40. The summed E-state index contributed by atoms with van der Waals surface area (Å²) in [7, 11) is 0. The summed E-state index contributed by atoms with van der Waals surface area (Å²) in [6, 6.07) is 2.31. The lowest BCUT2D eigenvalue weighted by Gasteiger charge is -2.41. The summed E-state index contributed by atoms with van der Waals surface area (Å²) in [6.07, 6.45) is -3.67. The molecule has 1 atom stereocenters. The molecule has 12 heteroatoms. The standard InChI is InChI=1S/C20H21ClF4N4O3/c1-11(26-17(30)10-31-14-4-5-15(21)16(22)7-14)3-6-18-27-28-19(32-18)13-8-29(9-13)12(2)20(23,24)25/h4-5,7,12-13H,1,3,6,8-10H2,2H3,(H,26,30)/t12-/m1/s1. The number of likely N-dealkylation sites (tertiary alicyclic amines) is 1. The summed E-state index contributed by atoms with van der Waals surface area (Å²) in [5, 5.41) is 10.3. The SMILES string of the molecule is C=C(CCc1nnc(C2CN([C@H](C)C(F)(F)F)C2)o1)NC(=O)COc1ccc(Cl)c(F)c1. The summed E-state index contributed by atoms with van der Waals surface area (Å²) in [6.45, 7) is 4.91. The van der Waals surface area contributed by atoms with Crippen LogP contribution in [-0.4, -0.2) is 52.9 Å². The fourth-order valence-electron chi connectivity index (χ4n) is 2.99. The van der Waals surface area contributed by atoms with Crippen LogP contribution in [0.2, 0.25) is 5.02 Å². The number of nitrogens with one attached hydrogen (secondary N) is 1. The molecule has 1 aromatic carbocycles. The molecule has 0 radical (unpaired) electrons. The first-order chi connectivity index (χ1) is 15.0. The molecule has 0 bridgehead atoms. The summed E-state index contributed by atoms with van der Waals surface area (Å²) in [5.41, 5.74) is 0.384. The zero-order chi connectivity index (χ0) is 23.5. The second kappa shape index (κ2) is 9.86. The predicted octanol–water partition coefficient (Wildman–Crippen LogP) is 3.85. The fraction of sp³-hybridized carbons (Fsp3) is 0.450. The monoisotopic (exact) mass is 476 g/mol. The number of carbonyl (C=O) groups is 1. The van der Waals surface area contributed by atoms with Crippen molar-refractivity contribution in [3.05, 3.63) is 53.1 Å². The summed E-state index contributed by atoms with van der Waals surface area (Å²) in [4.78, 5) is 13.2. The van der Waals surface area contributed by atoms with Gasteiger partial charge in [0.15, 0.2) is 6.61 Å². The zero-order valence-corrected chi connectivity index (χ0v) is 17.8. The van der Waals surface area contributed by atoms with Gasteiger partial charge < -0.3 is 14.5 Å². The molecule has 0 aliphatic carbocycles. The zero-order valence-electron chi connectivity index (χ0n) is 17.1.